The molecule has 0 bridgehead atoms. The molecule has 2 aromatic rings. The Hall–Kier alpha value is -1.62. The topological polar surface area (TPSA) is 55.1 Å². The second-order valence-electron chi connectivity index (χ2n) is 4.33. The third kappa shape index (κ3) is 3.44. The lowest BCUT2D eigenvalue weighted by Gasteiger charge is -2.06. The normalized spacial score (nSPS) is 10.5. The quantitative estimate of drug-likeness (QED) is 0.935. The summed E-state index contributed by atoms with van der Waals surface area (Å²) in [5.74, 6) is 0.762. The van der Waals surface area contributed by atoms with E-state index in [4.69, 9.17) is 4.52 Å². The van der Waals surface area contributed by atoms with Crippen molar-refractivity contribution in [2.75, 3.05) is 5.32 Å². The fourth-order valence-corrected chi connectivity index (χ4v) is 2.26. The molecule has 0 aliphatic carbocycles. The van der Waals surface area contributed by atoms with Gasteiger partial charge in [0.1, 0.15) is 5.76 Å². The zero-order chi connectivity index (χ0) is 13.8. The van der Waals surface area contributed by atoms with Crippen LogP contribution in [0.1, 0.15) is 23.4 Å². The Morgan fingerprint density at radius 1 is 1.37 bits per heavy atom. The predicted octanol–water partition coefficient (Wildman–Crippen LogP) is 3.63. The van der Waals surface area contributed by atoms with Gasteiger partial charge in [0.2, 0.25) is 5.91 Å². The molecule has 0 spiro atoms. The number of carbonyl (C=O) groups is 1. The molecule has 0 fully saturated rings. The number of amides is 1. The number of aromatic nitrogens is 1. The van der Waals surface area contributed by atoms with Crippen LogP contribution >= 0.6 is 15.9 Å². The molecule has 0 aliphatic heterocycles. The third-order valence-corrected chi connectivity index (χ3v) is 3.62. The number of nitrogens with zero attached hydrogens (tertiary/aromatic N) is 1. The van der Waals surface area contributed by atoms with Crippen LogP contribution in [0.25, 0.3) is 0 Å². The second kappa shape index (κ2) is 6.02. The highest BCUT2D eigenvalue weighted by Crippen LogP contribution is 2.21. The molecule has 0 aliphatic rings. The first-order chi connectivity index (χ1) is 9.08. The van der Waals surface area contributed by atoms with E-state index in [0.29, 0.717) is 12.8 Å². The summed E-state index contributed by atoms with van der Waals surface area (Å²) >= 11 is 3.40. The number of hydrogen-bond acceptors (Lipinski definition) is 3. The van der Waals surface area contributed by atoms with Crippen molar-refractivity contribution < 1.29 is 9.32 Å². The summed E-state index contributed by atoms with van der Waals surface area (Å²) in [6, 6.07) is 7.54. The summed E-state index contributed by atoms with van der Waals surface area (Å²) in [7, 11) is 0. The average molecular weight is 323 g/mol. The van der Waals surface area contributed by atoms with Crippen molar-refractivity contribution in [2.24, 2.45) is 0 Å². The Labute approximate surface area is 120 Å². The Bertz CT molecular complexity index is 573. The Balaban J connectivity index is 1.94. The Morgan fingerprint density at radius 3 is 2.74 bits per heavy atom. The summed E-state index contributed by atoms with van der Waals surface area (Å²) in [6.45, 7) is 3.75. The van der Waals surface area contributed by atoms with Crippen molar-refractivity contribution in [1.29, 1.82) is 0 Å². The van der Waals surface area contributed by atoms with Crippen LogP contribution < -0.4 is 5.32 Å². The zero-order valence-corrected chi connectivity index (χ0v) is 12.5. The van der Waals surface area contributed by atoms with E-state index in [0.717, 1.165) is 27.2 Å². The van der Waals surface area contributed by atoms with Crippen molar-refractivity contribution in [2.45, 2.75) is 26.7 Å². The van der Waals surface area contributed by atoms with Crippen LogP contribution in [0.3, 0.4) is 0 Å². The van der Waals surface area contributed by atoms with E-state index in [1.54, 1.807) is 0 Å². The van der Waals surface area contributed by atoms with E-state index in [2.05, 4.69) is 26.4 Å². The molecular formula is C14H15BrN2O2. The summed E-state index contributed by atoms with van der Waals surface area (Å²) in [4.78, 5) is 11.9. The monoisotopic (exact) mass is 322 g/mol. The molecule has 1 N–H and O–H groups in total. The first-order valence-electron chi connectivity index (χ1n) is 6.04. The molecule has 1 amide bonds. The van der Waals surface area contributed by atoms with Crippen LogP contribution in [-0.2, 0) is 11.2 Å². The van der Waals surface area contributed by atoms with E-state index in [1.165, 1.54) is 0 Å². The molecule has 1 aromatic carbocycles. The minimum atomic E-state index is -0.0214. The van der Waals surface area contributed by atoms with Crippen LogP contribution in [0.5, 0.6) is 0 Å². The standard InChI is InChI=1S/C14H15BrN2O2/c1-9-11(10(2)19-17-9)7-8-14(18)16-13-6-4-3-5-12(13)15/h3-6H,7-8H2,1-2H3,(H,16,18). The van der Waals surface area contributed by atoms with Gasteiger partial charge in [0.15, 0.2) is 0 Å². The second-order valence-corrected chi connectivity index (χ2v) is 5.19. The average Bonchev–Trinajstić information content (AvgIpc) is 2.70. The molecule has 0 radical (unpaired) electrons. The molecule has 0 unspecified atom stereocenters. The Morgan fingerprint density at radius 2 is 2.11 bits per heavy atom. The first kappa shape index (κ1) is 13.8. The van der Waals surface area contributed by atoms with Gasteiger partial charge in [-0.2, -0.15) is 0 Å². The van der Waals surface area contributed by atoms with Crippen molar-refractivity contribution >= 4 is 27.5 Å². The summed E-state index contributed by atoms with van der Waals surface area (Å²) in [5, 5.41) is 6.75. The van der Waals surface area contributed by atoms with E-state index in [-0.39, 0.29) is 5.91 Å². The number of halogens is 1. The molecule has 0 saturated heterocycles. The van der Waals surface area contributed by atoms with Gasteiger partial charge in [-0.05, 0) is 48.3 Å². The zero-order valence-electron chi connectivity index (χ0n) is 10.9. The minimum absolute atomic E-state index is 0.0214. The van der Waals surface area contributed by atoms with Crippen LogP contribution in [-0.4, -0.2) is 11.1 Å². The van der Waals surface area contributed by atoms with Crippen molar-refractivity contribution in [3.63, 3.8) is 0 Å². The molecule has 5 heteroatoms. The van der Waals surface area contributed by atoms with Crippen LogP contribution in [0.4, 0.5) is 5.69 Å². The van der Waals surface area contributed by atoms with Crippen molar-refractivity contribution in [1.82, 2.24) is 5.16 Å². The van der Waals surface area contributed by atoms with E-state index >= 15 is 0 Å². The number of hydrogen-bond donors (Lipinski definition) is 1. The van der Waals surface area contributed by atoms with Gasteiger partial charge in [0, 0.05) is 16.5 Å². The Kier molecular flexibility index (Phi) is 4.37. The number of anilines is 1. The highest BCUT2D eigenvalue weighted by molar-refractivity contribution is 9.10. The fraction of sp³-hybridized carbons (Fsp3) is 0.286. The minimum Gasteiger partial charge on any atom is -0.361 e. The molecule has 0 saturated carbocycles. The predicted molar refractivity (Wildman–Crippen MR) is 77.1 cm³/mol. The van der Waals surface area contributed by atoms with Crippen LogP contribution in [0.2, 0.25) is 0 Å². The van der Waals surface area contributed by atoms with Gasteiger partial charge in [-0.15, -0.1) is 0 Å². The van der Waals surface area contributed by atoms with Gasteiger partial charge < -0.3 is 9.84 Å². The highest BCUT2D eigenvalue weighted by Gasteiger charge is 2.11. The first-order valence-corrected chi connectivity index (χ1v) is 6.83. The maximum absolute atomic E-state index is 11.9. The largest absolute Gasteiger partial charge is 0.361 e. The van der Waals surface area contributed by atoms with E-state index in [9.17, 15) is 4.79 Å². The number of rotatable bonds is 4. The van der Waals surface area contributed by atoms with Gasteiger partial charge in [-0.3, -0.25) is 4.79 Å². The van der Waals surface area contributed by atoms with Crippen molar-refractivity contribution in [3.8, 4) is 0 Å². The van der Waals surface area contributed by atoms with Gasteiger partial charge in [0.05, 0.1) is 11.4 Å². The number of para-hydroxylation sites is 1. The number of aryl methyl sites for hydroxylation is 2. The van der Waals surface area contributed by atoms with E-state index in [1.807, 2.05) is 38.1 Å². The lowest BCUT2D eigenvalue weighted by Crippen LogP contribution is -2.13. The molecule has 0 atom stereocenters. The maximum atomic E-state index is 11.9. The number of benzene rings is 1. The third-order valence-electron chi connectivity index (χ3n) is 2.93. The number of nitrogens with one attached hydrogen (secondary N) is 1. The van der Waals surface area contributed by atoms with Crippen molar-refractivity contribution in [3.05, 3.63) is 45.8 Å². The molecule has 2 rings (SSSR count). The molecule has 100 valence electrons. The smallest absolute Gasteiger partial charge is 0.224 e. The molecule has 1 heterocycles. The van der Waals surface area contributed by atoms with Crippen LogP contribution in [0, 0.1) is 13.8 Å². The fourth-order valence-electron chi connectivity index (χ4n) is 1.87. The number of carbonyl (C=O) groups excluding carboxylic acids is 1. The van der Waals surface area contributed by atoms with E-state index < -0.39 is 0 Å². The molecule has 1 aromatic heterocycles. The maximum Gasteiger partial charge on any atom is 0.224 e. The molecule has 19 heavy (non-hydrogen) atoms. The van der Waals surface area contributed by atoms with Gasteiger partial charge in [-0.25, -0.2) is 0 Å². The summed E-state index contributed by atoms with van der Waals surface area (Å²) in [6.07, 6.45) is 1.04. The molecule has 4 nitrogen and oxygen atoms in total. The summed E-state index contributed by atoms with van der Waals surface area (Å²) < 4.78 is 5.95. The van der Waals surface area contributed by atoms with Gasteiger partial charge >= 0.3 is 0 Å². The van der Waals surface area contributed by atoms with Gasteiger partial charge in [0.25, 0.3) is 0 Å². The lowest BCUT2D eigenvalue weighted by molar-refractivity contribution is -0.116. The van der Waals surface area contributed by atoms with Crippen LogP contribution in [0.15, 0.2) is 33.3 Å². The lowest BCUT2D eigenvalue weighted by atomic mass is 10.1. The highest BCUT2D eigenvalue weighted by atomic mass is 79.9. The molecular weight excluding hydrogens is 308 g/mol. The summed E-state index contributed by atoms with van der Waals surface area (Å²) in [5.41, 5.74) is 2.65. The van der Waals surface area contributed by atoms with Gasteiger partial charge in [-0.1, -0.05) is 17.3 Å². The SMILES string of the molecule is Cc1noc(C)c1CCC(=O)Nc1ccccc1Br.